The summed E-state index contributed by atoms with van der Waals surface area (Å²) in [5, 5.41) is 5.69. The molecule has 1 N–H and O–H groups in total. The molecule has 0 aliphatic carbocycles. The quantitative estimate of drug-likeness (QED) is 0.550. The third kappa shape index (κ3) is 1.32. The summed E-state index contributed by atoms with van der Waals surface area (Å²) in [5.41, 5.74) is 3.90. The Morgan fingerprint density at radius 2 is 2.00 bits per heavy atom. The van der Waals surface area contributed by atoms with Gasteiger partial charge in [0.1, 0.15) is 5.69 Å². The standard InChI is InChI=1S/C14H10N4/c1-2-5-11-10(4-1)8-12(16-11)13-9-14-15-6-3-7-18(14)17-13/h1-9,16H. The molecule has 0 saturated carbocycles. The summed E-state index contributed by atoms with van der Waals surface area (Å²) in [7, 11) is 0. The molecular formula is C14H10N4. The lowest BCUT2D eigenvalue weighted by Gasteiger charge is -1.88. The Labute approximate surface area is 103 Å². The Kier molecular flexibility index (Phi) is 1.80. The number of hydrogen-bond donors (Lipinski definition) is 1. The van der Waals surface area contributed by atoms with Crippen LogP contribution in [0.2, 0.25) is 0 Å². The van der Waals surface area contributed by atoms with E-state index in [1.807, 2.05) is 30.5 Å². The molecule has 1 aromatic carbocycles. The first-order valence-electron chi connectivity index (χ1n) is 5.79. The molecule has 0 radical (unpaired) electrons. The molecule has 0 amide bonds. The molecule has 4 rings (SSSR count). The van der Waals surface area contributed by atoms with E-state index in [2.05, 4.69) is 33.3 Å². The van der Waals surface area contributed by atoms with Gasteiger partial charge >= 0.3 is 0 Å². The number of nitrogens with zero attached hydrogens (tertiary/aromatic N) is 3. The van der Waals surface area contributed by atoms with Crippen molar-refractivity contribution in [3.05, 3.63) is 54.9 Å². The van der Waals surface area contributed by atoms with E-state index in [0.29, 0.717) is 0 Å². The maximum atomic E-state index is 4.50. The second-order valence-corrected chi connectivity index (χ2v) is 4.22. The maximum absolute atomic E-state index is 4.50. The lowest BCUT2D eigenvalue weighted by molar-refractivity contribution is 0.941. The number of benzene rings is 1. The molecule has 4 aromatic rings. The molecule has 4 nitrogen and oxygen atoms in total. The number of aromatic amines is 1. The molecule has 0 unspecified atom stereocenters. The van der Waals surface area contributed by atoms with E-state index in [9.17, 15) is 0 Å². The summed E-state index contributed by atoms with van der Waals surface area (Å²) < 4.78 is 1.78. The topological polar surface area (TPSA) is 46.0 Å². The van der Waals surface area contributed by atoms with E-state index in [0.717, 1.165) is 22.6 Å². The largest absolute Gasteiger partial charge is 0.353 e. The number of nitrogens with one attached hydrogen (secondary N) is 1. The highest BCUT2D eigenvalue weighted by atomic mass is 15.2. The van der Waals surface area contributed by atoms with Crippen molar-refractivity contribution in [3.8, 4) is 11.4 Å². The number of hydrogen-bond acceptors (Lipinski definition) is 2. The third-order valence-electron chi connectivity index (χ3n) is 3.04. The van der Waals surface area contributed by atoms with Crippen LogP contribution in [-0.2, 0) is 0 Å². The Bertz CT molecular complexity index is 703. The van der Waals surface area contributed by atoms with E-state index in [1.165, 1.54) is 5.39 Å². The fourth-order valence-corrected chi connectivity index (χ4v) is 2.17. The zero-order valence-electron chi connectivity index (χ0n) is 9.54. The van der Waals surface area contributed by atoms with E-state index in [-0.39, 0.29) is 0 Å². The fraction of sp³-hybridized carbons (Fsp3) is 0. The van der Waals surface area contributed by atoms with Crippen LogP contribution >= 0.6 is 0 Å². The van der Waals surface area contributed by atoms with Crippen molar-refractivity contribution in [2.75, 3.05) is 0 Å². The first-order chi connectivity index (χ1) is 8.90. The number of rotatable bonds is 1. The minimum atomic E-state index is 0.853. The summed E-state index contributed by atoms with van der Waals surface area (Å²) in [4.78, 5) is 7.64. The van der Waals surface area contributed by atoms with Crippen LogP contribution in [0.5, 0.6) is 0 Å². The fourth-order valence-electron chi connectivity index (χ4n) is 2.17. The molecule has 4 heteroatoms. The predicted octanol–water partition coefficient (Wildman–Crippen LogP) is 2.88. The highest BCUT2D eigenvalue weighted by molar-refractivity contribution is 5.85. The Hall–Kier alpha value is -2.62. The number of H-pyrrole nitrogens is 1. The Morgan fingerprint density at radius 3 is 2.89 bits per heavy atom. The summed E-state index contributed by atoms with van der Waals surface area (Å²) in [6, 6.07) is 14.2. The van der Waals surface area contributed by atoms with E-state index in [1.54, 1.807) is 10.7 Å². The van der Waals surface area contributed by atoms with Crippen molar-refractivity contribution in [1.82, 2.24) is 19.6 Å². The van der Waals surface area contributed by atoms with Crippen LogP contribution in [0.25, 0.3) is 27.9 Å². The molecule has 0 aliphatic rings. The molecule has 18 heavy (non-hydrogen) atoms. The van der Waals surface area contributed by atoms with Crippen LogP contribution in [0.15, 0.2) is 54.9 Å². The maximum Gasteiger partial charge on any atom is 0.155 e. The lowest BCUT2D eigenvalue weighted by Crippen LogP contribution is -1.87. The molecular weight excluding hydrogens is 224 g/mol. The highest BCUT2D eigenvalue weighted by Crippen LogP contribution is 2.23. The van der Waals surface area contributed by atoms with Crippen molar-refractivity contribution in [2.24, 2.45) is 0 Å². The zero-order chi connectivity index (χ0) is 11.9. The molecule has 0 aliphatic heterocycles. The number of aromatic nitrogens is 4. The summed E-state index contributed by atoms with van der Waals surface area (Å²) >= 11 is 0. The lowest BCUT2D eigenvalue weighted by atomic mass is 10.2. The molecule has 0 saturated heterocycles. The molecule has 0 bridgehead atoms. The smallest absolute Gasteiger partial charge is 0.155 e. The van der Waals surface area contributed by atoms with Gasteiger partial charge in [-0.1, -0.05) is 18.2 Å². The van der Waals surface area contributed by atoms with Crippen LogP contribution in [0, 0.1) is 0 Å². The molecule has 0 atom stereocenters. The average Bonchev–Trinajstić information content (AvgIpc) is 3.02. The minimum Gasteiger partial charge on any atom is -0.353 e. The van der Waals surface area contributed by atoms with Crippen molar-refractivity contribution in [2.45, 2.75) is 0 Å². The first kappa shape index (κ1) is 9.41. The van der Waals surface area contributed by atoms with Crippen LogP contribution in [0.1, 0.15) is 0 Å². The van der Waals surface area contributed by atoms with Crippen LogP contribution in [0.3, 0.4) is 0 Å². The summed E-state index contributed by atoms with van der Waals surface area (Å²) in [5.74, 6) is 0. The van der Waals surface area contributed by atoms with Crippen LogP contribution in [0.4, 0.5) is 0 Å². The molecule has 0 fully saturated rings. The highest BCUT2D eigenvalue weighted by Gasteiger charge is 2.07. The number of fused-ring (bicyclic) bond motifs is 2. The van der Waals surface area contributed by atoms with Gasteiger partial charge in [0, 0.05) is 29.4 Å². The average molecular weight is 234 g/mol. The van der Waals surface area contributed by atoms with Gasteiger partial charge in [-0.3, -0.25) is 0 Å². The van der Waals surface area contributed by atoms with Gasteiger partial charge < -0.3 is 4.98 Å². The van der Waals surface area contributed by atoms with Gasteiger partial charge in [-0.15, -0.1) is 0 Å². The van der Waals surface area contributed by atoms with Crippen molar-refractivity contribution in [3.63, 3.8) is 0 Å². The molecule has 3 heterocycles. The van der Waals surface area contributed by atoms with E-state index < -0.39 is 0 Å². The number of para-hydroxylation sites is 1. The normalized spacial score (nSPS) is 11.3. The Balaban J connectivity index is 1.95. The van der Waals surface area contributed by atoms with Crippen molar-refractivity contribution in [1.29, 1.82) is 0 Å². The molecule has 3 aromatic heterocycles. The third-order valence-corrected chi connectivity index (χ3v) is 3.04. The zero-order valence-corrected chi connectivity index (χ0v) is 9.54. The monoisotopic (exact) mass is 234 g/mol. The minimum absolute atomic E-state index is 0.853. The van der Waals surface area contributed by atoms with Gasteiger partial charge in [0.25, 0.3) is 0 Å². The van der Waals surface area contributed by atoms with E-state index in [4.69, 9.17) is 0 Å². The van der Waals surface area contributed by atoms with Crippen molar-refractivity contribution < 1.29 is 0 Å². The summed E-state index contributed by atoms with van der Waals surface area (Å²) in [6.07, 6.45) is 3.67. The van der Waals surface area contributed by atoms with Gasteiger partial charge in [-0.25, -0.2) is 9.50 Å². The second kappa shape index (κ2) is 3.43. The van der Waals surface area contributed by atoms with Gasteiger partial charge in [-0.05, 0) is 18.2 Å². The first-order valence-corrected chi connectivity index (χ1v) is 5.79. The van der Waals surface area contributed by atoms with Gasteiger partial charge in [0.2, 0.25) is 0 Å². The van der Waals surface area contributed by atoms with Crippen LogP contribution in [-0.4, -0.2) is 19.6 Å². The molecule has 0 spiro atoms. The van der Waals surface area contributed by atoms with E-state index >= 15 is 0 Å². The Morgan fingerprint density at radius 1 is 1.06 bits per heavy atom. The molecule has 86 valence electrons. The van der Waals surface area contributed by atoms with Gasteiger partial charge in [-0.2, -0.15) is 5.10 Å². The van der Waals surface area contributed by atoms with Gasteiger partial charge in [0.15, 0.2) is 5.65 Å². The van der Waals surface area contributed by atoms with Crippen molar-refractivity contribution >= 4 is 16.6 Å². The second-order valence-electron chi connectivity index (χ2n) is 4.22. The predicted molar refractivity (Wildman–Crippen MR) is 70.3 cm³/mol. The summed E-state index contributed by atoms with van der Waals surface area (Å²) in [6.45, 7) is 0. The van der Waals surface area contributed by atoms with Crippen LogP contribution < -0.4 is 0 Å². The SMILES string of the molecule is c1ccc2[nH]c(-c3cc4ncccn4n3)cc2c1. The van der Waals surface area contributed by atoms with Gasteiger partial charge in [0.05, 0.1) is 5.69 Å².